The molecular formula is C19H31ClN6O. The van der Waals surface area contributed by atoms with Crippen LogP contribution in [0.4, 0.5) is 0 Å². The molecule has 0 radical (unpaired) electrons. The second kappa shape index (κ2) is 11.8. The highest BCUT2D eigenvalue weighted by Crippen LogP contribution is 2.15. The number of carbonyl (C=O) groups excluding carboxylic acids is 1. The van der Waals surface area contributed by atoms with Crippen LogP contribution >= 0.6 is 11.6 Å². The molecule has 0 aliphatic carbocycles. The van der Waals surface area contributed by atoms with Crippen molar-refractivity contribution in [2.45, 2.75) is 32.6 Å². The average molecular weight is 395 g/mol. The molecule has 1 saturated heterocycles. The minimum absolute atomic E-state index is 0.00333. The van der Waals surface area contributed by atoms with Crippen LogP contribution in [0.2, 0.25) is 5.15 Å². The summed E-state index contributed by atoms with van der Waals surface area (Å²) in [6, 6.07) is 3.79. The lowest BCUT2D eigenvalue weighted by molar-refractivity contribution is -0.123. The number of guanidine groups is 1. The fourth-order valence-corrected chi connectivity index (χ4v) is 3.31. The molecule has 1 aliphatic rings. The van der Waals surface area contributed by atoms with Gasteiger partial charge in [0.1, 0.15) is 5.15 Å². The number of nitrogens with two attached hydrogens (primary N) is 1. The molecule has 7 nitrogen and oxygen atoms in total. The molecule has 27 heavy (non-hydrogen) atoms. The van der Waals surface area contributed by atoms with E-state index in [1.807, 2.05) is 6.07 Å². The standard InChI is InChI=1S/C19H31ClN6O/c1-2-22-19(24-10-8-15-6-7-17(20)25-13-15)23-9-4-12-26-11-3-5-16(14-26)18(21)27/h6-7,13,16H,2-5,8-12,14H2,1H3,(H2,21,27)(H2,22,23,24). The number of rotatable bonds is 9. The van der Waals surface area contributed by atoms with E-state index in [2.05, 4.69) is 32.4 Å². The molecule has 1 aromatic heterocycles. The first kappa shape index (κ1) is 21.4. The van der Waals surface area contributed by atoms with Crippen molar-refractivity contribution in [3.05, 3.63) is 29.0 Å². The number of aromatic nitrogens is 1. The Labute approximate surface area is 166 Å². The zero-order valence-corrected chi connectivity index (χ0v) is 16.8. The van der Waals surface area contributed by atoms with E-state index in [0.717, 1.165) is 76.5 Å². The molecule has 1 aromatic rings. The number of primary amides is 1. The van der Waals surface area contributed by atoms with Crippen molar-refractivity contribution in [2.75, 3.05) is 39.3 Å². The van der Waals surface area contributed by atoms with E-state index < -0.39 is 0 Å². The Bertz CT molecular complexity index is 607. The van der Waals surface area contributed by atoms with Gasteiger partial charge in [-0.1, -0.05) is 17.7 Å². The van der Waals surface area contributed by atoms with Crippen molar-refractivity contribution >= 4 is 23.5 Å². The SMILES string of the molecule is CCNC(=NCCCN1CCCC(C(N)=O)C1)NCCc1ccc(Cl)nc1. The number of nitrogens with zero attached hydrogens (tertiary/aromatic N) is 3. The highest BCUT2D eigenvalue weighted by molar-refractivity contribution is 6.29. The van der Waals surface area contributed by atoms with Gasteiger partial charge in [0.05, 0.1) is 5.92 Å². The van der Waals surface area contributed by atoms with Gasteiger partial charge in [-0.15, -0.1) is 0 Å². The van der Waals surface area contributed by atoms with Crippen LogP contribution in [0, 0.1) is 5.92 Å². The molecule has 0 aromatic carbocycles. The van der Waals surface area contributed by atoms with Crippen LogP contribution in [0.15, 0.2) is 23.3 Å². The summed E-state index contributed by atoms with van der Waals surface area (Å²) in [5, 5.41) is 7.12. The fraction of sp³-hybridized carbons (Fsp3) is 0.632. The number of piperidine rings is 1. The maximum absolute atomic E-state index is 11.4. The van der Waals surface area contributed by atoms with Crippen LogP contribution in [0.5, 0.6) is 0 Å². The van der Waals surface area contributed by atoms with Gasteiger partial charge in [-0.2, -0.15) is 0 Å². The zero-order chi connectivity index (χ0) is 19.5. The third-order valence-electron chi connectivity index (χ3n) is 4.65. The topological polar surface area (TPSA) is 95.6 Å². The van der Waals surface area contributed by atoms with E-state index in [-0.39, 0.29) is 11.8 Å². The molecule has 2 rings (SSSR count). The summed E-state index contributed by atoms with van der Waals surface area (Å²) in [6.45, 7) is 7.17. The van der Waals surface area contributed by atoms with E-state index in [1.165, 1.54) is 0 Å². The Morgan fingerprint density at radius 1 is 1.44 bits per heavy atom. The number of pyridine rings is 1. The van der Waals surface area contributed by atoms with Crippen molar-refractivity contribution in [1.82, 2.24) is 20.5 Å². The minimum atomic E-state index is -0.174. The minimum Gasteiger partial charge on any atom is -0.369 e. The van der Waals surface area contributed by atoms with Gasteiger partial charge in [0, 0.05) is 32.4 Å². The molecule has 1 amide bonds. The van der Waals surface area contributed by atoms with Gasteiger partial charge in [0.15, 0.2) is 5.96 Å². The van der Waals surface area contributed by atoms with Gasteiger partial charge in [0.25, 0.3) is 0 Å². The lowest BCUT2D eigenvalue weighted by Crippen LogP contribution is -2.41. The molecule has 1 aliphatic heterocycles. The van der Waals surface area contributed by atoms with Gasteiger partial charge in [-0.25, -0.2) is 4.98 Å². The molecule has 0 saturated carbocycles. The van der Waals surface area contributed by atoms with Crippen LogP contribution in [-0.2, 0) is 11.2 Å². The molecule has 1 atom stereocenters. The first-order chi connectivity index (χ1) is 13.1. The van der Waals surface area contributed by atoms with Crippen LogP contribution in [0.3, 0.4) is 0 Å². The summed E-state index contributed by atoms with van der Waals surface area (Å²) >= 11 is 5.81. The van der Waals surface area contributed by atoms with Gasteiger partial charge >= 0.3 is 0 Å². The number of amides is 1. The summed E-state index contributed by atoms with van der Waals surface area (Å²) in [5.74, 6) is 0.656. The van der Waals surface area contributed by atoms with Gasteiger partial charge in [-0.05, 0) is 57.3 Å². The summed E-state index contributed by atoms with van der Waals surface area (Å²) in [7, 11) is 0. The molecule has 4 N–H and O–H groups in total. The molecular weight excluding hydrogens is 364 g/mol. The molecule has 0 bridgehead atoms. The molecule has 1 fully saturated rings. The van der Waals surface area contributed by atoms with Crippen molar-refractivity contribution < 1.29 is 4.79 Å². The lowest BCUT2D eigenvalue weighted by Gasteiger charge is -2.30. The number of hydrogen-bond donors (Lipinski definition) is 3. The van der Waals surface area contributed by atoms with Crippen molar-refractivity contribution in [1.29, 1.82) is 0 Å². The third-order valence-corrected chi connectivity index (χ3v) is 4.87. The Kier molecular flexibility index (Phi) is 9.35. The number of halogens is 1. The number of nitrogens with one attached hydrogen (secondary N) is 2. The number of aliphatic imine (C=N–C) groups is 1. The normalized spacial score (nSPS) is 18.3. The van der Waals surface area contributed by atoms with Crippen LogP contribution in [0.1, 0.15) is 31.7 Å². The van der Waals surface area contributed by atoms with Crippen molar-refractivity contribution in [3.8, 4) is 0 Å². The maximum Gasteiger partial charge on any atom is 0.221 e. The van der Waals surface area contributed by atoms with Crippen LogP contribution in [-0.4, -0.2) is 61.0 Å². The maximum atomic E-state index is 11.4. The summed E-state index contributed by atoms with van der Waals surface area (Å²) in [6.07, 6.45) is 5.58. The number of hydrogen-bond acceptors (Lipinski definition) is 4. The average Bonchev–Trinajstić information content (AvgIpc) is 2.67. The molecule has 1 unspecified atom stereocenters. The Morgan fingerprint density at radius 3 is 3.00 bits per heavy atom. The summed E-state index contributed by atoms with van der Waals surface area (Å²) in [4.78, 5) is 22.4. The monoisotopic (exact) mass is 394 g/mol. The zero-order valence-electron chi connectivity index (χ0n) is 16.1. The Hall–Kier alpha value is -1.86. The Morgan fingerprint density at radius 2 is 2.30 bits per heavy atom. The highest BCUT2D eigenvalue weighted by Gasteiger charge is 2.23. The van der Waals surface area contributed by atoms with E-state index in [1.54, 1.807) is 12.3 Å². The second-order valence-corrected chi connectivity index (χ2v) is 7.21. The largest absolute Gasteiger partial charge is 0.369 e. The van der Waals surface area contributed by atoms with E-state index in [9.17, 15) is 4.79 Å². The van der Waals surface area contributed by atoms with E-state index in [0.29, 0.717) is 5.15 Å². The van der Waals surface area contributed by atoms with Crippen LogP contribution in [0.25, 0.3) is 0 Å². The molecule has 0 spiro atoms. The predicted molar refractivity (Wildman–Crippen MR) is 110 cm³/mol. The van der Waals surface area contributed by atoms with Gasteiger partial charge in [-0.3, -0.25) is 9.79 Å². The predicted octanol–water partition coefficient (Wildman–Crippen LogP) is 1.42. The summed E-state index contributed by atoms with van der Waals surface area (Å²) in [5.41, 5.74) is 6.57. The smallest absolute Gasteiger partial charge is 0.221 e. The van der Waals surface area contributed by atoms with E-state index in [4.69, 9.17) is 17.3 Å². The fourth-order valence-electron chi connectivity index (χ4n) is 3.20. The van der Waals surface area contributed by atoms with Crippen molar-refractivity contribution in [3.63, 3.8) is 0 Å². The molecule has 2 heterocycles. The third kappa shape index (κ3) is 8.13. The number of carbonyl (C=O) groups is 1. The van der Waals surface area contributed by atoms with Gasteiger partial charge in [0.2, 0.25) is 5.91 Å². The van der Waals surface area contributed by atoms with Crippen LogP contribution < -0.4 is 16.4 Å². The number of likely N-dealkylation sites (tertiary alicyclic amines) is 1. The Balaban J connectivity index is 1.69. The quantitative estimate of drug-likeness (QED) is 0.255. The molecule has 8 heteroatoms. The second-order valence-electron chi connectivity index (χ2n) is 6.82. The summed E-state index contributed by atoms with van der Waals surface area (Å²) < 4.78 is 0. The van der Waals surface area contributed by atoms with E-state index >= 15 is 0 Å². The van der Waals surface area contributed by atoms with Gasteiger partial charge < -0.3 is 21.3 Å². The highest BCUT2D eigenvalue weighted by atomic mass is 35.5. The lowest BCUT2D eigenvalue weighted by atomic mass is 9.97. The first-order valence-corrected chi connectivity index (χ1v) is 10.1. The van der Waals surface area contributed by atoms with Crippen molar-refractivity contribution in [2.24, 2.45) is 16.6 Å². The molecule has 150 valence electrons. The first-order valence-electron chi connectivity index (χ1n) is 9.72.